The molecule has 1 saturated carbocycles. The van der Waals surface area contributed by atoms with Crippen molar-refractivity contribution in [3.8, 4) is 0 Å². The van der Waals surface area contributed by atoms with Crippen LogP contribution in [0.1, 0.15) is 58.8 Å². The quantitative estimate of drug-likeness (QED) is 0.749. The summed E-state index contributed by atoms with van der Waals surface area (Å²) in [6.45, 7) is 4.73. The zero-order chi connectivity index (χ0) is 12.7. The van der Waals surface area contributed by atoms with Gasteiger partial charge >= 0.3 is 0 Å². The van der Waals surface area contributed by atoms with Crippen molar-refractivity contribution in [1.29, 1.82) is 0 Å². The van der Waals surface area contributed by atoms with E-state index in [1.807, 2.05) is 6.92 Å². The Morgan fingerprint density at radius 2 is 2.00 bits per heavy atom. The Hall–Kier alpha value is -0.570. The Kier molecular flexibility index (Phi) is 6.56. The molecule has 3 nitrogen and oxygen atoms in total. The van der Waals surface area contributed by atoms with E-state index < -0.39 is 0 Å². The molecule has 0 heterocycles. The number of hydrogen-bond acceptors (Lipinski definition) is 2. The molecule has 1 aliphatic carbocycles. The van der Waals surface area contributed by atoms with Gasteiger partial charge in [0.15, 0.2) is 0 Å². The topological polar surface area (TPSA) is 55.1 Å². The number of nitrogens with one attached hydrogen (secondary N) is 1. The third-order valence-electron chi connectivity index (χ3n) is 4.03. The van der Waals surface area contributed by atoms with Crippen molar-refractivity contribution in [2.24, 2.45) is 17.6 Å². The minimum absolute atomic E-state index is 0.0534. The Bertz CT molecular complexity index is 224. The van der Waals surface area contributed by atoms with Crippen molar-refractivity contribution < 1.29 is 4.79 Å². The summed E-state index contributed by atoms with van der Waals surface area (Å²) in [5.74, 6) is 0.938. The maximum Gasteiger partial charge on any atom is 0.223 e. The number of nitrogens with two attached hydrogens (primary N) is 1. The first-order valence-corrected chi connectivity index (χ1v) is 7.19. The molecule has 2 atom stereocenters. The lowest BCUT2D eigenvalue weighted by Gasteiger charge is -2.31. The van der Waals surface area contributed by atoms with Crippen molar-refractivity contribution in [3.63, 3.8) is 0 Å². The number of carbonyl (C=O) groups is 1. The van der Waals surface area contributed by atoms with Crippen molar-refractivity contribution in [2.45, 2.75) is 64.8 Å². The second-order valence-electron chi connectivity index (χ2n) is 5.40. The van der Waals surface area contributed by atoms with Crippen LogP contribution in [0.2, 0.25) is 0 Å². The Morgan fingerprint density at radius 1 is 1.35 bits per heavy atom. The van der Waals surface area contributed by atoms with E-state index >= 15 is 0 Å². The number of rotatable bonds is 6. The summed E-state index contributed by atoms with van der Waals surface area (Å²) in [6, 6.07) is 0.378. The molecule has 0 radical (unpaired) electrons. The Morgan fingerprint density at radius 3 is 2.53 bits per heavy atom. The van der Waals surface area contributed by atoms with Crippen LogP contribution in [0.15, 0.2) is 0 Å². The SMILES string of the molecule is CCC(NC(=O)C(C)CCN)C1CCCCC1. The molecule has 17 heavy (non-hydrogen) atoms. The molecule has 1 fully saturated rings. The highest BCUT2D eigenvalue weighted by molar-refractivity contribution is 5.78. The molecular weight excluding hydrogens is 212 g/mol. The zero-order valence-electron chi connectivity index (χ0n) is 11.4. The maximum absolute atomic E-state index is 12.0. The normalized spacial score (nSPS) is 20.9. The van der Waals surface area contributed by atoms with E-state index in [2.05, 4.69) is 12.2 Å². The van der Waals surface area contributed by atoms with Gasteiger partial charge in [-0.25, -0.2) is 0 Å². The molecule has 0 aromatic rings. The molecule has 2 unspecified atom stereocenters. The molecule has 1 aliphatic rings. The van der Waals surface area contributed by atoms with Crippen LogP contribution in [0.25, 0.3) is 0 Å². The lowest BCUT2D eigenvalue weighted by Crippen LogP contribution is -2.43. The molecule has 1 rings (SSSR count). The average molecular weight is 240 g/mol. The zero-order valence-corrected chi connectivity index (χ0v) is 11.4. The van der Waals surface area contributed by atoms with Crippen LogP contribution in [-0.4, -0.2) is 18.5 Å². The lowest BCUT2D eigenvalue weighted by atomic mass is 9.82. The van der Waals surface area contributed by atoms with Gasteiger partial charge in [0.25, 0.3) is 0 Å². The molecule has 0 bridgehead atoms. The summed E-state index contributed by atoms with van der Waals surface area (Å²) >= 11 is 0. The van der Waals surface area contributed by atoms with E-state index in [-0.39, 0.29) is 11.8 Å². The van der Waals surface area contributed by atoms with Gasteiger partial charge in [-0.3, -0.25) is 4.79 Å². The van der Waals surface area contributed by atoms with Crippen LogP contribution < -0.4 is 11.1 Å². The van der Waals surface area contributed by atoms with E-state index in [1.165, 1.54) is 32.1 Å². The smallest absolute Gasteiger partial charge is 0.223 e. The van der Waals surface area contributed by atoms with E-state index in [4.69, 9.17) is 5.73 Å². The predicted octanol–water partition coefficient (Wildman–Crippen LogP) is 2.45. The van der Waals surface area contributed by atoms with Crippen LogP contribution >= 0.6 is 0 Å². The first-order valence-electron chi connectivity index (χ1n) is 7.19. The molecule has 0 aliphatic heterocycles. The van der Waals surface area contributed by atoms with Crippen LogP contribution in [0, 0.1) is 11.8 Å². The van der Waals surface area contributed by atoms with Gasteiger partial charge in [-0.15, -0.1) is 0 Å². The van der Waals surface area contributed by atoms with E-state index in [1.54, 1.807) is 0 Å². The van der Waals surface area contributed by atoms with Gasteiger partial charge in [-0.05, 0) is 38.1 Å². The fraction of sp³-hybridized carbons (Fsp3) is 0.929. The first-order chi connectivity index (χ1) is 8.19. The van der Waals surface area contributed by atoms with E-state index in [0.717, 1.165) is 12.8 Å². The molecule has 3 N–H and O–H groups in total. The highest BCUT2D eigenvalue weighted by atomic mass is 16.1. The van der Waals surface area contributed by atoms with Crippen LogP contribution in [-0.2, 0) is 4.79 Å². The largest absolute Gasteiger partial charge is 0.353 e. The van der Waals surface area contributed by atoms with Crippen LogP contribution in [0.5, 0.6) is 0 Å². The third kappa shape index (κ3) is 4.66. The molecule has 0 aromatic carbocycles. The number of amides is 1. The van der Waals surface area contributed by atoms with Gasteiger partial charge in [0, 0.05) is 12.0 Å². The molecule has 3 heteroatoms. The van der Waals surface area contributed by atoms with Gasteiger partial charge < -0.3 is 11.1 Å². The highest BCUT2D eigenvalue weighted by Crippen LogP contribution is 2.27. The summed E-state index contributed by atoms with van der Waals surface area (Å²) in [5.41, 5.74) is 5.49. The van der Waals surface area contributed by atoms with Crippen molar-refractivity contribution in [1.82, 2.24) is 5.32 Å². The van der Waals surface area contributed by atoms with Gasteiger partial charge in [0.05, 0.1) is 0 Å². The summed E-state index contributed by atoms with van der Waals surface area (Å²) in [4.78, 5) is 12.0. The van der Waals surface area contributed by atoms with Gasteiger partial charge in [-0.2, -0.15) is 0 Å². The monoisotopic (exact) mass is 240 g/mol. The number of carbonyl (C=O) groups excluding carboxylic acids is 1. The van der Waals surface area contributed by atoms with Crippen molar-refractivity contribution in [2.75, 3.05) is 6.54 Å². The summed E-state index contributed by atoms with van der Waals surface area (Å²) in [7, 11) is 0. The fourth-order valence-electron chi connectivity index (χ4n) is 2.80. The van der Waals surface area contributed by atoms with Gasteiger partial charge in [0.1, 0.15) is 0 Å². The summed E-state index contributed by atoms with van der Waals surface area (Å²) in [5, 5.41) is 3.23. The minimum atomic E-state index is 0.0534. The molecule has 100 valence electrons. The fourth-order valence-corrected chi connectivity index (χ4v) is 2.80. The second-order valence-corrected chi connectivity index (χ2v) is 5.40. The Balaban J connectivity index is 2.42. The number of hydrogen-bond donors (Lipinski definition) is 2. The standard InChI is InChI=1S/C14H28N2O/c1-3-13(12-7-5-4-6-8-12)16-14(17)11(2)9-10-15/h11-13H,3-10,15H2,1-2H3,(H,16,17). The molecule has 0 aromatic heterocycles. The van der Waals surface area contributed by atoms with Crippen molar-refractivity contribution in [3.05, 3.63) is 0 Å². The van der Waals surface area contributed by atoms with E-state index in [0.29, 0.717) is 18.5 Å². The highest BCUT2D eigenvalue weighted by Gasteiger charge is 2.24. The van der Waals surface area contributed by atoms with Gasteiger partial charge in [0.2, 0.25) is 5.91 Å². The summed E-state index contributed by atoms with van der Waals surface area (Å²) < 4.78 is 0. The third-order valence-corrected chi connectivity index (χ3v) is 4.03. The van der Waals surface area contributed by atoms with Crippen LogP contribution in [0.4, 0.5) is 0 Å². The molecule has 0 saturated heterocycles. The van der Waals surface area contributed by atoms with Crippen LogP contribution in [0.3, 0.4) is 0 Å². The predicted molar refractivity (Wildman–Crippen MR) is 71.6 cm³/mol. The summed E-state index contributed by atoms with van der Waals surface area (Å²) in [6.07, 6.45) is 8.42. The average Bonchev–Trinajstić information content (AvgIpc) is 2.37. The lowest BCUT2D eigenvalue weighted by molar-refractivity contribution is -0.125. The van der Waals surface area contributed by atoms with E-state index in [9.17, 15) is 4.79 Å². The van der Waals surface area contributed by atoms with Gasteiger partial charge in [-0.1, -0.05) is 33.1 Å². The van der Waals surface area contributed by atoms with Crippen molar-refractivity contribution >= 4 is 5.91 Å². The molecular formula is C14H28N2O. The maximum atomic E-state index is 12.0. The molecule has 1 amide bonds. The molecule has 0 spiro atoms. The minimum Gasteiger partial charge on any atom is -0.353 e. The second kappa shape index (κ2) is 7.70. The Labute approximate surface area is 106 Å². The first kappa shape index (κ1) is 14.5.